The summed E-state index contributed by atoms with van der Waals surface area (Å²) < 4.78 is 5.45. The highest BCUT2D eigenvalue weighted by molar-refractivity contribution is 5.69. The van der Waals surface area contributed by atoms with Crippen molar-refractivity contribution >= 4 is 5.97 Å². The highest BCUT2D eigenvalue weighted by Crippen LogP contribution is 2.12. The Hall–Kier alpha value is -0.530. The summed E-state index contributed by atoms with van der Waals surface area (Å²) in [6, 6.07) is 0. The van der Waals surface area contributed by atoms with Crippen LogP contribution in [0.4, 0.5) is 0 Å². The lowest BCUT2D eigenvalue weighted by Gasteiger charge is -2.15. The molecule has 1 atom stereocenters. The molecule has 0 fully saturated rings. The first kappa shape index (κ1) is 15.5. The van der Waals surface area contributed by atoms with Crippen molar-refractivity contribution in [3.05, 3.63) is 0 Å². The van der Waals surface area contributed by atoms with Crippen LogP contribution in [0.15, 0.2) is 0 Å². The van der Waals surface area contributed by atoms with Gasteiger partial charge in [-0.05, 0) is 25.7 Å². The Morgan fingerprint density at radius 1 is 1.00 bits per heavy atom. The van der Waals surface area contributed by atoms with Gasteiger partial charge in [-0.15, -0.1) is 0 Å². The first-order valence-electron chi connectivity index (χ1n) is 6.94. The van der Waals surface area contributed by atoms with Gasteiger partial charge in [0.1, 0.15) is 6.10 Å². The van der Waals surface area contributed by atoms with Crippen molar-refractivity contribution in [3.63, 3.8) is 0 Å². The van der Waals surface area contributed by atoms with E-state index in [1.807, 2.05) is 0 Å². The van der Waals surface area contributed by atoms with E-state index in [0.29, 0.717) is 6.42 Å². The highest BCUT2D eigenvalue weighted by atomic mass is 16.5. The molecule has 1 unspecified atom stereocenters. The maximum atomic E-state index is 11.5. The average Bonchev–Trinajstić information content (AvgIpc) is 2.28. The van der Waals surface area contributed by atoms with Crippen LogP contribution >= 0.6 is 0 Å². The highest BCUT2D eigenvalue weighted by Gasteiger charge is 2.11. The van der Waals surface area contributed by atoms with Crippen LogP contribution in [0.1, 0.15) is 78.6 Å². The van der Waals surface area contributed by atoms with Gasteiger partial charge < -0.3 is 4.74 Å². The molecule has 0 aliphatic carbocycles. The Kier molecular flexibility index (Phi) is 10.6. The van der Waals surface area contributed by atoms with Crippen LogP contribution in [0, 0.1) is 0 Å². The second-order valence-corrected chi connectivity index (χ2v) is 4.47. The Morgan fingerprint density at radius 3 is 2.19 bits per heavy atom. The maximum Gasteiger partial charge on any atom is 0.306 e. The molecule has 0 heterocycles. The topological polar surface area (TPSA) is 26.3 Å². The van der Waals surface area contributed by atoms with Crippen LogP contribution in [0.3, 0.4) is 0 Å². The quantitative estimate of drug-likeness (QED) is 0.407. The third kappa shape index (κ3) is 8.75. The lowest BCUT2D eigenvalue weighted by molar-refractivity contribution is -0.149. The predicted molar refractivity (Wildman–Crippen MR) is 68.5 cm³/mol. The maximum absolute atomic E-state index is 11.5. The summed E-state index contributed by atoms with van der Waals surface area (Å²) in [5.74, 6) is -0.00296. The van der Waals surface area contributed by atoms with E-state index in [1.165, 1.54) is 19.3 Å². The second kappa shape index (κ2) is 11.0. The molecule has 0 saturated heterocycles. The standard InChI is InChI=1S/C14H28O2/c1-4-7-9-11-13(6-3)16-14(15)12-10-8-5-2/h13H,4-12H2,1-3H3. The van der Waals surface area contributed by atoms with Crippen molar-refractivity contribution in [2.24, 2.45) is 0 Å². The molecule has 0 spiro atoms. The molecule has 0 aliphatic rings. The molecular weight excluding hydrogens is 200 g/mol. The number of esters is 1. The van der Waals surface area contributed by atoms with Crippen LogP contribution in [-0.2, 0) is 9.53 Å². The van der Waals surface area contributed by atoms with E-state index in [4.69, 9.17) is 4.74 Å². The van der Waals surface area contributed by atoms with Gasteiger partial charge in [0.2, 0.25) is 0 Å². The van der Waals surface area contributed by atoms with E-state index >= 15 is 0 Å². The first-order valence-corrected chi connectivity index (χ1v) is 6.94. The summed E-state index contributed by atoms with van der Waals surface area (Å²) in [6.07, 6.45) is 9.62. The summed E-state index contributed by atoms with van der Waals surface area (Å²) in [4.78, 5) is 11.5. The first-order chi connectivity index (χ1) is 7.74. The third-order valence-electron chi connectivity index (χ3n) is 2.87. The van der Waals surface area contributed by atoms with Crippen molar-refractivity contribution < 1.29 is 9.53 Å². The minimum absolute atomic E-state index is 0.00296. The smallest absolute Gasteiger partial charge is 0.306 e. The Morgan fingerprint density at radius 2 is 1.62 bits per heavy atom. The normalized spacial score (nSPS) is 12.4. The van der Waals surface area contributed by atoms with Gasteiger partial charge in [-0.1, -0.05) is 46.5 Å². The largest absolute Gasteiger partial charge is 0.462 e. The predicted octanol–water partition coefficient (Wildman–Crippen LogP) is 4.47. The van der Waals surface area contributed by atoms with Crippen LogP contribution < -0.4 is 0 Å². The number of hydrogen-bond donors (Lipinski definition) is 0. The molecule has 0 rings (SSSR count). The number of ether oxygens (including phenoxy) is 1. The lowest BCUT2D eigenvalue weighted by Crippen LogP contribution is -2.17. The van der Waals surface area contributed by atoms with Crippen LogP contribution in [0.25, 0.3) is 0 Å². The number of rotatable bonds is 10. The van der Waals surface area contributed by atoms with Crippen molar-refractivity contribution in [1.82, 2.24) is 0 Å². The lowest BCUT2D eigenvalue weighted by atomic mass is 10.1. The molecule has 0 aromatic rings. The number of carbonyl (C=O) groups is 1. The van der Waals surface area contributed by atoms with Gasteiger partial charge in [-0.2, -0.15) is 0 Å². The van der Waals surface area contributed by atoms with Crippen LogP contribution in [0.2, 0.25) is 0 Å². The average molecular weight is 228 g/mol. The SMILES string of the molecule is CCCCCC(=O)OC(CC)CCCCC. The summed E-state index contributed by atoms with van der Waals surface area (Å²) in [7, 11) is 0. The van der Waals surface area contributed by atoms with Crippen LogP contribution in [-0.4, -0.2) is 12.1 Å². The minimum atomic E-state index is -0.00296. The van der Waals surface area contributed by atoms with E-state index < -0.39 is 0 Å². The Bertz CT molecular complexity index is 166. The van der Waals surface area contributed by atoms with Gasteiger partial charge in [0.15, 0.2) is 0 Å². The van der Waals surface area contributed by atoms with E-state index in [0.717, 1.165) is 32.1 Å². The zero-order chi connectivity index (χ0) is 12.2. The molecule has 2 nitrogen and oxygen atoms in total. The van der Waals surface area contributed by atoms with E-state index in [2.05, 4.69) is 20.8 Å². The fourth-order valence-electron chi connectivity index (χ4n) is 1.73. The third-order valence-corrected chi connectivity index (χ3v) is 2.87. The van der Waals surface area contributed by atoms with Gasteiger partial charge >= 0.3 is 5.97 Å². The molecule has 2 heteroatoms. The molecule has 0 aromatic carbocycles. The molecule has 96 valence electrons. The van der Waals surface area contributed by atoms with Gasteiger partial charge in [-0.25, -0.2) is 0 Å². The van der Waals surface area contributed by atoms with Crippen molar-refractivity contribution in [2.75, 3.05) is 0 Å². The number of carbonyl (C=O) groups excluding carboxylic acids is 1. The van der Waals surface area contributed by atoms with Crippen molar-refractivity contribution in [3.8, 4) is 0 Å². The van der Waals surface area contributed by atoms with Crippen LogP contribution in [0.5, 0.6) is 0 Å². The summed E-state index contributed by atoms with van der Waals surface area (Å²) in [6.45, 7) is 6.43. The fraction of sp³-hybridized carbons (Fsp3) is 0.929. The van der Waals surface area contributed by atoms with Gasteiger partial charge in [0, 0.05) is 6.42 Å². The second-order valence-electron chi connectivity index (χ2n) is 4.47. The van der Waals surface area contributed by atoms with Gasteiger partial charge in [0.25, 0.3) is 0 Å². The number of unbranched alkanes of at least 4 members (excludes halogenated alkanes) is 4. The molecular formula is C14H28O2. The van der Waals surface area contributed by atoms with E-state index in [-0.39, 0.29) is 12.1 Å². The zero-order valence-corrected chi connectivity index (χ0v) is 11.3. The Balaban J connectivity index is 3.61. The van der Waals surface area contributed by atoms with Gasteiger partial charge in [0.05, 0.1) is 0 Å². The summed E-state index contributed by atoms with van der Waals surface area (Å²) in [5, 5.41) is 0. The number of hydrogen-bond acceptors (Lipinski definition) is 2. The zero-order valence-electron chi connectivity index (χ0n) is 11.3. The van der Waals surface area contributed by atoms with E-state index in [1.54, 1.807) is 0 Å². The van der Waals surface area contributed by atoms with Crippen molar-refractivity contribution in [2.45, 2.75) is 84.7 Å². The molecule has 0 aromatic heterocycles. The molecule has 0 radical (unpaired) electrons. The molecule has 0 amide bonds. The van der Waals surface area contributed by atoms with Crippen molar-refractivity contribution in [1.29, 1.82) is 0 Å². The molecule has 0 saturated carbocycles. The summed E-state index contributed by atoms with van der Waals surface area (Å²) in [5.41, 5.74) is 0. The molecule has 0 aliphatic heterocycles. The molecule has 0 bridgehead atoms. The molecule has 16 heavy (non-hydrogen) atoms. The fourth-order valence-corrected chi connectivity index (χ4v) is 1.73. The van der Waals surface area contributed by atoms with E-state index in [9.17, 15) is 4.79 Å². The minimum Gasteiger partial charge on any atom is -0.462 e. The Labute approximate surface area is 101 Å². The molecule has 0 N–H and O–H groups in total. The monoisotopic (exact) mass is 228 g/mol. The summed E-state index contributed by atoms with van der Waals surface area (Å²) >= 11 is 0. The van der Waals surface area contributed by atoms with Gasteiger partial charge in [-0.3, -0.25) is 4.79 Å².